The lowest BCUT2D eigenvalue weighted by Crippen LogP contribution is -2.44. The van der Waals surface area contributed by atoms with Gasteiger partial charge in [0.25, 0.3) is 5.91 Å². The number of likely N-dealkylation sites (N-methyl/N-ethyl adjacent to an activating group) is 1. The lowest BCUT2D eigenvalue weighted by molar-refractivity contribution is -0.138. The van der Waals surface area contributed by atoms with Crippen molar-refractivity contribution in [3.05, 3.63) is 34.3 Å². The summed E-state index contributed by atoms with van der Waals surface area (Å²) in [6.07, 6.45) is 0. The second kappa shape index (κ2) is 6.70. The summed E-state index contributed by atoms with van der Waals surface area (Å²) >= 11 is 3.36. The number of urea groups is 1. The van der Waals surface area contributed by atoms with Crippen LogP contribution in [0.25, 0.3) is 0 Å². The lowest BCUT2D eigenvalue weighted by atomic mass is 9.92. The smallest absolute Gasteiger partial charge is 0.325 e. The van der Waals surface area contributed by atoms with Gasteiger partial charge >= 0.3 is 6.03 Å². The molecule has 0 bridgehead atoms. The summed E-state index contributed by atoms with van der Waals surface area (Å²) < 4.78 is 0.816. The fraction of sp³-hybridized carbons (Fsp3) is 0.438. The highest BCUT2D eigenvalue weighted by molar-refractivity contribution is 9.10. The second-order valence-electron chi connectivity index (χ2n) is 5.52. The van der Waals surface area contributed by atoms with Gasteiger partial charge in [0.1, 0.15) is 12.1 Å². The molecular formula is C16H20BrN3O3. The average Bonchev–Trinajstić information content (AvgIpc) is 2.73. The molecule has 1 atom stereocenters. The molecule has 0 radical (unpaired) electrons. The van der Waals surface area contributed by atoms with Gasteiger partial charge in [-0.3, -0.25) is 14.5 Å². The van der Waals surface area contributed by atoms with Gasteiger partial charge in [0.2, 0.25) is 5.91 Å². The Morgan fingerprint density at radius 2 is 1.96 bits per heavy atom. The molecule has 0 aromatic heterocycles. The van der Waals surface area contributed by atoms with Gasteiger partial charge in [0.15, 0.2) is 0 Å². The van der Waals surface area contributed by atoms with Crippen molar-refractivity contribution in [1.29, 1.82) is 0 Å². The molecule has 0 spiro atoms. The van der Waals surface area contributed by atoms with Crippen LogP contribution < -0.4 is 5.32 Å². The minimum Gasteiger partial charge on any atom is -0.342 e. The van der Waals surface area contributed by atoms with Crippen molar-refractivity contribution in [2.45, 2.75) is 26.3 Å². The predicted molar refractivity (Wildman–Crippen MR) is 89.7 cm³/mol. The molecule has 0 aliphatic carbocycles. The zero-order valence-electron chi connectivity index (χ0n) is 13.4. The van der Waals surface area contributed by atoms with Crippen molar-refractivity contribution < 1.29 is 14.4 Å². The number of rotatable bonds is 5. The molecule has 1 aromatic rings. The van der Waals surface area contributed by atoms with E-state index in [1.807, 2.05) is 19.9 Å². The van der Waals surface area contributed by atoms with E-state index in [2.05, 4.69) is 21.2 Å². The standard InChI is InChI=1S/C16H20BrN3O3/c1-4-19(5-2)13(21)10-20-14(22)16(3,18-15(20)23)11-7-6-8-12(17)9-11/h6-9H,4-5,10H2,1-3H3,(H,18,23)/t16-/m0/s1. The van der Waals surface area contributed by atoms with E-state index in [4.69, 9.17) is 0 Å². The van der Waals surface area contributed by atoms with Crippen LogP contribution >= 0.6 is 15.9 Å². The van der Waals surface area contributed by atoms with Gasteiger partial charge in [-0.05, 0) is 38.5 Å². The van der Waals surface area contributed by atoms with Gasteiger partial charge in [-0.15, -0.1) is 0 Å². The molecule has 1 aromatic carbocycles. The van der Waals surface area contributed by atoms with E-state index in [9.17, 15) is 14.4 Å². The molecule has 2 rings (SSSR count). The van der Waals surface area contributed by atoms with Gasteiger partial charge in [-0.2, -0.15) is 0 Å². The lowest BCUT2D eigenvalue weighted by Gasteiger charge is -2.24. The first-order valence-corrected chi connectivity index (χ1v) is 8.30. The quantitative estimate of drug-likeness (QED) is 0.793. The molecule has 7 heteroatoms. The Morgan fingerprint density at radius 3 is 2.52 bits per heavy atom. The van der Waals surface area contributed by atoms with Crippen LogP contribution in [0.1, 0.15) is 26.3 Å². The number of hydrogen-bond donors (Lipinski definition) is 1. The summed E-state index contributed by atoms with van der Waals surface area (Å²) in [5.41, 5.74) is -0.493. The summed E-state index contributed by atoms with van der Waals surface area (Å²) in [7, 11) is 0. The van der Waals surface area contributed by atoms with Gasteiger partial charge in [-0.25, -0.2) is 4.79 Å². The molecule has 1 saturated heterocycles. The molecule has 6 nitrogen and oxygen atoms in total. The minimum atomic E-state index is -1.16. The highest BCUT2D eigenvalue weighted by atomic mass is 79.9. The van der Waals surface area contributed by atoms with Crippen molar-refractivity contribution in [3.63, 3.8) is 0 Å². The van der Waals surface area contributed by atoms with Crippen LogP contribution in [0.2, 0.25) is 0 Å². The minimum absolute atomic E-state index is 0.239. The summed E-state index contributed by atoms with van der Waals surface area (Å²) in [6.45, 7) is 6.22. The van der Waals surface area contributed by atoms with E-state index in [1.54, 1.807) is 30.0 Å². The Kier molecular flexibility index (Phi) is 5.09. The topological polar surface area (TPSA) is 69.7 Å². The van der Waals surface area contributed by atoms with E-state index in [1.165, 1.54) is 0 Å². The third-order valence-corrected chi connectivity index (χ3v) is 4.58. The number of nitrogens with zero attached hydrogens (tertiary/aromatic N) is 2. The Balaban J connectivity index is 2.24. The normalized spacial score (nSPS) is 20.6. The van der Waals surface area contributed by atoms with Crippen LogP contribution in [0, 0.1) is 0 Å². The van der Waals surface area contributed by atoms with Crippen molar-refractivity contribution >= 4 is 33.8 Å². The highest BCUT2D eigenvalue weighted by Crippen LogP contribution is 2.30. The second-order valence-corrected chi connectivity index (χ2v) is 6.44. The van der Waals surface area contributed by atoms with Gasteiger partial charge in [0.05, 0.1) is 0 Å². The zero-order chi connectivity index (χ0) is 17.2. The molecule has 1 N–H and O–H groups in total. The highest BCUT2D eigenvalue weighted by Gasteiger charge is 2.49. The van der Waals surface area contributed by atoms with Gasteiger partial charge < -0.3 is 10.2 Å². The van der Waals surface area contributed by atoms with Gasteiger partial charge in [-0.1, -0.05) is 28.1 Å². The van der Waals surface area contributed by atoms with Crippen molar-refractivity contribution in [2.24, 2.45) is 0 Å². The number of carbonyl (C=O) groups is 3. The van der Waals surface area contributed by atoms with E-state index in [0.29, 0.717) is 18.7 Å². The number of hydrogen-bond acceptors (Lipinski definition) is 3. The fourth-order valence-electron chi connectivity index (χ4n) is 2.65. The van der Waals surface area contributed by atoms with E-state index < -0.39 is 17.5 Å². The van der Waals surface area contributed by atoms with Crippen molar-refractivity contribution in [3.8, 4) is 0 Å². The Bertz CT molecular complexity index is 645. The largest absolute Gasteiger partial charge is 0.342 e. The van der Waals surface area contributed by atoms with Crippen LogP contribution in [-0.2, 0) is 15.1 Å². The first-order valence-electron chi connectivity index (χ1n) is 7.51. The number of amides is 4. The SMILES string of the molecule is CCN(CC)C(=O)CN1C(=O)N[C@@](C)(c2cccc(Br)c2)C1=O. The predicted octanol–water partition coefficient (Wildman–Crippen LogP) is 2.08. The van der Waals surface area contributed by atoms with Crippen molar-refractivity contribution in [2.75, 3.05) is 19.6 Å². The zero-order valence-corrected chi connectivity index (χ0v) is 15.0. The number of halogens is 1. The van der Waals surface area contributed by atoms with Gasteiger partial charge in [0, 0.05) is 17.6 Å². The maximum absolute atomic E-state index is 12.7. The number of imide groups is 1. The maximum atomic E-state index is 12.7. The van der Waals surface area contributed by atoms with Crippen LogP contribution in [-0.4, -0.2) is 47.3 Å². The van der Waals surface area contributed by atoms with Crippen LogP contribution in [0.5, 0.6) is 0 Å². The summed E-state index contributed by atoms with van der Waals surface area (Å²) in [5.74, 6) is -0.655. The first kappa shape index (κ1) is 17.5. The molecule has 1 aliphatic rings. The third-order valence-electron chi connectivity index (χ3n) is 4.09. The molecule has 23 heavy (non-hydrogen) atoms. The Morgan fingerprint density at radius 1 is 1.30 bits per heavy atom. The van der Waals surface area contributed by atoms with Crippen LogP contribution in [0.4, 0.5) is 4.79 Å². The Hall–Kier alpha value is -1.89. The summed E-state index contributed by atoms with van der Waals surface area (Å²) in [5, 5.41) is 2.70. The summed E-state index contributed by atoms with van der Waals surface area (Å²) in [4.78, 5) is 39.7. The molecule has 4 amide bonds. The van der Waals surface area contributed by atoms with E-state index in [0.717, 1.165) is 9.37 Å². The Labute approximate surface area is 143 Å². The molecule has 1 aliphatic heterocycles. The molecule has 1 heterocycles. The van der Waals surface area contributed by atoms with Crippen LogP contribution in [0.15, 0.2) is 28.7 Å². The third kappa shape index (κ3) is 3.24. The van der Waals surface area contributed by atoms with Crippen molar-refractivity contribution in [1.82, 2.24) is 15.1 Å². The summed E-state index contributed by atoms with van der Waals surface area (Å²) in [6, 6.07) is 6.66. The number of nitrogens with one attached hydrogen (secondary N) is 1. The molecular weight excluding hydrogens is 362 g/mol. The monoisotopic (exact) mass is 381 g/mol. The fourth-order valence-corrected chi connectivity index (χ4v) is 3.05. The molecule has 0 saturated carbocycles. The number of carbonyl (C=O) groups excluding carboxylic acids is 3. The van der Waals surface area contributed by atoms with Crippen LogP contribution in [0.3, 0.4) is 0 Å². The molecule has 1 fully saturated rings. The first-order chi connectivity index (χ1) is 10.8. The number of benzene rings is 1. The molecule has 124 valence electrons. The average molecular weight is 382 g/mol. The van der Waals surface area contributed by atoms with E-state index >= 15 is 0 Å². The van der Waals surface area contributed by atoms with E-state index in [-0.39, 0.29) is 12.5 Å². The maximum Gasteiger partial charge on any atom is 0.325 e. The molecule has 0 unspecified atom stereocenters.